The Morgan fingerprint density at radius 1 is 1.16 bits per heavy atom. The summed E-state index contributed by atoms with van der Waals surface area (Å²) < 4.78 is 18.8. The van der Waals surface area contributed by atoms with Crippen molar-refractivity contribution in [3.63, 3.8) is 0 Å². The highest BCUT2D eigenvalue weighted by atomic mass is 19.1. The number of aryl methyl sites for hydroxylation is 2. The van der Waals surface area contributed by atoms with Gasteiger partial charge < -0.3 is 4.74 Å². The fourth-order valence-electron chi connectivity index (χ4n) is 1.88. The third-order valence-corrected chi connectivity index (χ3v) is 2.89. The molecule has 4 heteroatoms. The molecule has 1 heterocycles. The molecule has 0 spiro atoms. The summed E-state index contributed by atoms with van der Waals surface area (Å²) in [6.45, 7) is 3.58. The molecule has 0 radical (unpaired) electrons. The van der Waals surface area contributed by atoms with Crippen molar-refractivity contribution < 1.29 is 13.9 Å². The number of halogens is 1. The zero-order valence-electron chi connectivity index (χ0n) is 11.0. The SMILES string of the molecule is COc1ccc(C(=O)c2ccc(C)nc2C)c(F)c1. The number of aromatic nitrogens is 1. The van der Waals surface area contributed by atoms with Crippen molar-refractivity contribution in [3.05, 3.63) is 58.7 Å². The largest absolute Gasteiger partial charge is 0.497 e. The topological polar surface area (TPSA) is 39.2 Å². The monoisotopic (exact) mass is 259 g/mol. The Morgan fingerprint density at radius 3 is 2.42 bits per heavy atom. The molecule has 0 saturated carbocycles. The highest BCUT2D eigenvalue weighted by molar-refractivity contribution is 6.09. The summed E-state index contributed by atoms with van der Waals surface area (Å²) in [6, 6.07) is 7.60. The first kappa shape index (κ1) is 13.2. The predicted octanol–water partition coefficient (Wildman–Crippen LogP) is 3.08. The van der Waals surface area contributed by atoms with Gasteiger partial charge in [-0.3, -0.25) is 9.78 Å². The minimum Gasteiger partial charge on any atom is -0.497 e. The van der Waals surface area contributed by atoms with Crippen LogP contribution in [-0.2, 0) is 0 Å². The van der Waals surface area contributed by atoms with Crippen LogP contribution in [-0.4, -0.2) is 17.9 Å². The molecule has 0 saturated heterocycles. The van der Waals surface area contributed by atoms with Crippen LogP contribution in [0.1, 0.15) is 27.3 Å². The smallest absolute Gasteiger partial charge is 0.197 e. The average molecular weight is 259 g/mol. The van der Waals surface area contributed by atoms with E-state index in [4.69, 9.17) is 4.74 Å². The van der Waals surface area contributed by atoms with Crippen molar-refractivity contribution in [2.45, 2.75) is 13.8 Å². The molecule has 0 bridgehead atoms. The number of ketones is 1. The Morgan fingerprint density at radius 2 is 1.84 bits per heavy atom. The van der Waals surface area contributed by atoms with Crippen molar-refractivity contribution in [3.8, 4) is 5.75 Å². The maximum absolute atomic E-state index is 13.9. The fraction of sp³-hybridized carbons (Fsp3) is 0.200. The number of carbonyl (C=O) groups is 1. The summed E-state index contributed by atoms with van der Waals surface area (Å²) in [6.07, 6.45) is 0. The predicted molar refractivity (Wildman–Crippen MR) is 70.1 cm³/mol. The number of carbonyl (C=O) groups excluding carboxylic acids is 1. The second-order valence-electron chi connectivity index (χ2n) is 4.26. The Bertz CT molecular complexity index is 638. The lowest BCUT2D eigenvalue weighted by Gasteiger charge is -2.07. The lowest BCUT2D eigenvalue weighted by Crippen LogP contribution is -2.08. The molecule has 0 amide bonds. The molecule has 2 rings (SSSR count). The molecule has 1 aromatic carbocycles. The van der Waals surface area contributed by atoms with Crippen LogP contribution in [0.15, 0.2) is 30.3 Å². The van der Waals surface area contributed by atoms with Crippen LogP contribution < -0.4 is 4.74 Å². The second-order valence-corrected chi connectivity index (χ2v) is 4.26. The number of benzene rings is 1. The molecular weight excluding hydrogens is 245 g/mol. The van der Waals surface area contributed by atoms with Crippen molar-refractivity contribution in [2.24, 2.45) is 0 Å². The minimum absolute atomic E-state index is 0.0227. The fourth-order valence-corrected chi connectivity index (χ4v) is 1.88. The van der Waals surface area contributed by atoms with Crippen LogP contribution in [0.5, 0.6) is 5.75 Å². The van der Waals surface area contributed by atoms with Gasteiger partial charge >= 0.3 is 0 Å². The van der Waals surface area contributed by atoms with E-state index < -0.39 is 5.82 Å². The van der Waals surface area contributed by atoms with E-state index in [0.29, 0.717) is 17.0 Å². The molecule has 0 aliphatic rings. The summed E-state index contributed by atoms with van der Waals surface area (Å²) in [5.74, 6) is -0.581. The van der Waals surface area contributed by atoms with Gasteiger partial charge in [0.05, 0.1) is 12.7 Å². The van der Waals surface area contributed by atoms with E-state index in [1.165, 1.54) is 19.2 Å². The number of hydrogen-bond donors (Lipinski definition) is 0. The normalized spacial score (nSPS) is 10.3. The molecule has 0 unspecified atom stereocenters. The Labute approximate surface area is 111 Å². The van der Waals surface area contributed by atoms with Gasteiger partial charge in [-0.2, -0.15) is 0 Å². The molecule has 98 valence electrons. The minimum atomic E-state index is -0.593. The summed E-state index contributed by atoms with van der Waals surface area (Å²) >= 11 is 0. The van der Waals surface area contributed by atoms with Crippen LogP contribution in [0.3, 0.4) is 0 Å². The van der Waals surface area contributed by atoms with Gasteiger partial charge in [0.25, 0.3) is 0 Å². The van der Waals surface area contributed by atoms with Gasteiger partial charge in [-0.05, 0) is 38.1 Å². The van der Waals surface area contributed by atoms with Crippen molar-refractivity contribution >= 4 is 5.78 Å². The molecule has 3 nitrogen and oxygen atoms in total. The first-order valence-electron chi connectivity index (χ1n) is 5.85. The number of hydrogen-bond acceptors (Lipinski definition) is 3. The number of nitrogens with zero attached hydrogens (tertiary/aromatic N) is 1. The van der Waals surface area contributed by atoms with Gasteiger partial charge in [0.1, 0.15) is 11.6 Å². The van der Waals surface area contributed by atoms with Crippen molar-refractivity contribution in [1.82, 2.24) is 4.98 Å². The zero-order valence-corrected chi connectivity index (χ0v) is 11.0. The molecule has 1 aromatic heterocycles. The number of rotatable bonds is 3. The maximum Gasteiger partial charge on any atom is 0.197 e. The highest BCUT2D eigenvalue weighted by Gasteiger charge is 2.17. The van der Waals surface area contributed by atoms with Crippen molar-refractivity contribution in [1.29, 1.82) is 0 Å². The van der Waals surface area contributed by atoms with Crippen LogP contribution in [0, 0.1) is 19.7 Å². The molecule has 0 atom stereocenters. The first-order valence-corrected chi connectivity index (χ1v) is 5.85. The highest BCUT2D eigenvalue weighted by Crippen LogP contribution is 2.20. The molecule has 0 aliphatic heterocycles. The molecule has 0 fully saturated rings. The van der Waals surface area contributed by atoms with Crippen LogP contribution in [0.2, 0.25) is 0 Å². The summed E-state index contributed by atoms with van der Waals surface area (Å²) in [4.78, 5) is 16.5. The maximum atomic E-state index is 13.9. The quantitative estimate of drug-likeness (QED) is 0.795. The Kier molecular flexibility index (Phi) is 3.60. The van der Waals surface area contributed by atoms with E-state index in [1.54, 1.807) is 25.1 Å². The lowest BCUT2D eigenvalue weighted by molar-refractivity contribution is 0.103. The zero-order chi connectivity index (χ0) is 14.0. The van der Waals surface area contributed by atoms with E-state index in [1.807, 2.05) is 6.92 Å². The molecule has 0 aliphatic carbocycles. The van der Waals surface area contributed by atoms with E-state index in [-0.39, 0.29) is 11.3 Å². The van der Waals surface area contributed by atoms with Crippen LogP contribution in [0.25, 0.3) is 0 Å². The van der Waals surface area contributed by atoms with Gasteiger partial charge in [-0.25, -0.2) is 4.39 Å². The summed E-state index contributed by atoms with van der Waals surface area (Å²) in [5, 5.41) is 0. The van der Waals surface area contributed by atoms with E-state index in [2.05, 4.69) is 4.98 Å². The number of ether oxygens (including phenoxy) is 1. The third kappa shape index (κ3) is 2.62. The number of methoxy groups -OCH3 is 1. The lowest BCUT2D eigenvalue weighted by atomic mass is 10.0. The molecule has 2 aromatic rings. The van der Waals surface area contributed by atoms with Gasteiger partial charge in [-0.1, -0.05) is 0 Å². The standard InChI is InChI=1S/C15H14FNO2/c1-9-4-6-12(10(2)17-9)15(18)13-7-5-11(19-3)8-14(13)16/h4-8H,1-3H3. The van der Waals surface area contributed by atoms with E-state index >= 15 is 0 Å². The molecule has 0 N–H and O–H groups in total. The average Bonchev–Trinajstić information content (AvgIpc) is 2.37. The summed E-state index contributed by atoms with van der Waals surface area (Å²) in [7, 11) is 1.45. The van der Waals surface area contributed by atoms with E-state index in [0.717, 1.165) is 5.69 Å². The molecular formula is C15H14FNO2. The third-order valence-electron chi connectivity index (χ3n) is 2.89. The van der Waals surface area contributed by atoms with Gasteiger partial charge in [0, 0.05) is 23.0 Å². The van der Waals surface area contributed by atoms with Gasteiger partial charge in [0.15, 0.2) is 5.78 Å². The van der Waals surface area contributed by atoms with Crippen LogP contribution in [0.4, 0.5) is 4.39 Å². The molecule has 19 heavy (non-hydrogen) atoms. The Hall–Kier alpha value is -2.23. The second kappa shape index (κ2) is 5.18. The van der Waals surface area contributed by atoms with Gasteiger partial charge in [-0.15, -0.1) is 0 Å². The Balaban J connectivity index is 2.44. The number of pyridine rings is 1. The van der Waals surface area contributed by atoms with E-state index in [9.17, 15) is 9.18 Å². The summed E-state index contributed by atoms with van der Waals surface area (Å²) in [5.41, 5.74) is 1.86. The van der Waals surface area contributed by atoms with Crippen LogP contribution >= 0.6 is 0 Å². The van der Waals surface area contributed by atoms with Gasteiger partial charge in [0.2, 0.25) is 0 Å². The first-order chi connectivity index (χ1) is 9.02. The van der Waals surface area contributed by atoms with Crippen molar-refractivity contribution in [2.75, 3.05) is 7.11 Å².